The monoisotopic (exact) mass is 155 g/mol. The van der Waals surface area contributed by atoms with E-state index >= 15 is 0 Å². The molecule has 0 saturated carbocycles. The lowest BCUT2D eigenvalue weighted by Crippen LogP contribution is -2.73. The van der Waals surface area contributed by atoms with Crippen LogP contribution in [0.4, 0.5) is 11.4 Å². The van der Waals surface area contributed by atoms with Crippen LogP contribution in [0.1, 0.15) is 0 Å². The van der Waals surface area contributed by atoms with E-state index in [4.69, 9.17) is 15.7 Å². The van der Waals surface area contributed by atoms with E-state index in [2.05, 4.69) is 0 Å². The number of quaternary nitrogens is 1. The largest absolute Gasteiger partial charge is 0.497 e. The summed E-state index contributed by atoms with van der Waals surface area (Å²) in [7, 11) is 1.56. The molecule has 0 aromatic heterocycles. The minimum atomic E-state index is 0.535. The smallest absolute Gasteiger partial charge is 0.188 e. The van der Waals surface area contributed by atoms with Crippen LogP contribution in [0.3, 0.4) is 0 Å². The number of hydrogen-bond donors (Lipinski definition) is 3. The molecule has 4 nitrogen and oxygen atoms in total. The van der Waals surface area contributed by atoms with Gasteiger partial charge in [-0.3, -0.25) is 0 Å². The van der Waals surface area contributed by atoms with Crippen molar-refractivity contribution < 1.29 is 15.4 Å². The van der Waals surface area contributed by atoms with Crippen molar-refractivity contribution in [1.29, 1.82) is 0 Å². The fourth-order valence-electron chi connectivity index (χ4n) is 0.792. The molecule has 0 radical (unpaired) electrons. The second-order valence-corrected chi connectivity index (χ2v) is 2.12. The molecule has 4 heteroatoms. The predicted molar refractivity (Wildman–Crippen MR) is 40.8 cm³/mol. The van der Waals surface area contributed by atoms with E-state index < -0.39 is 0 Å². The molecule has 0 heterocycles. The highest BCUT2D eigenvalue weighted by molar-refractivity contribution is 5.59. The molecule has 0 amide bonds. The van der Waals surface area contributed by atoms with Gasteiger partial charge in [0.15, 0.2) is 5.69 Å². The molecule has 5 N–H and O–H groups in total. The van der Waals surface area contributed by atoms with Gasteiger partial charge in [-0.1, -0.05) is 0 Å². The quantitative estimate of drug-likeness (QED) is 0.411. The highest BCUT2D eigenvalue weighted by Crippen LogP contribution is 2.19. The molecule has 1 aromatic rings. The minimum absolute atomic E-state index is 0.535. The van der Waals surface area contributed by atoms with Crippen LogP contribution in [0.15, 0.2) is 18.2 Å². The van der Waals surface area contributed by atoms with Crippen molar-refractivity contribution in [3.05, 3.63) is 18.2 Å². The molecule has 0 aliphatic rings. The van der Waals surface area contributed by atoms with Crippen molar-refractivity contribution in [2.24, 2.45) is 0 Å². The topological polar surface area (TPSA) is 72.1 Å². The highest BCUT2D eigenvalue weighted by atomic mass is 16.5. The fourth-order valence-corrected chi connectivity index (χ4v) is 0.792. The van der Waals surface area contributed by atoms with E-state index in [1.54, 1.807) is 25.3 Å². The average molecular weight is 155 g/mol. The molecule has 0 fully saturated rings. The van der Waals surface area contributed by atoms with Gasteiger partial charge in [-0.05, 0) is 12.1 Å². The van der Waals surface area contributed by atoms with Crippen molar-refractivity contribution >= 4 is 11.4 Å². The summed E-state index contributed by atoms with van der Waals surface area (Å²) >= 11 is 0. The molecule has 0 saturated heterocycles. The maximum Gasteiger partial charge on any atom is 0.188 e. The van der Waals surface area contributed by atoms with Crippen LogP contribution in [0.5, 0.6) is 5.75 Å². The highest BCUT2D eigenvalue weighted by Gasteiger charge is 2.02. The zero-order chi connectivity index (χ0) is 8.27. The van der Waals surface area contributed by atoms with Crippen molar-refractivity contribution in [3.63, 3.8) is 0 Å². The Bertz CT molecular complexity index is 250. The lowest BCUT2D eigenvalue weighted by Gasteiger charge is -2.01. The van der Waals surface area contributed by atoms with Crippen LogP contribution in [0.25, 0.3) is 0 Å². The third-order valence-corrected chi connectivity index (χ3v) is 1.43. The Morgan fingerprint density at radius 3 is 2.82 bits per heavy atom. The fraction of sp³-hybridized carbons (Fsp3) is 0.143. The molecule has 0 bridgehead atoms. The Morgan fingerprint density at radius 1 is 1.55 bits per heavy atom. The number of methoxy groups -OCH3 is 1. The first kappa shape index (κ1) is 7.84. The Labute approximate surface area is 64.5 Å². The maximum absolute atomic E-state index is 8.68. The molecule has 1 aromatic carbocycles. The number of anilines is 1. The van der Waals surface area contributed by atoms with Crippen LogP contribution in [0, 0.1) is 0 Å². The first-order valence-electron chi connectivity index (χ1n) is 3.19. The lowest BCUT2D eigenvalue weighted by atomic mass is 10.2. The van der Waals surface area contributed by atoms with Crippen LogP contribution in [-0.4, -0.2) is 12.3 Å². The van der Waals surface area contributed by atoms with Crippen LogP contribution < -0.4 is 16.0 Å². The Balaban J connectivity index is 3.02. The van der Waals surface area contributed by atoms with Gasteiger partial charge in [-0.25, -0.2) is 5.21 Å². The summed E-state index contributed by atoms with van der Waals surface area (Å²) < 4.78 is 4.92. The van der Waals surface area contributed by atoms with Gasteiger partial charge in [0.25, 0.3) is 0 Å². The zero-order valence-corrected chi connectivity index (χ0v) is 6.24. The molecule has 60 valence electrons. The van der Waals surface area contributed by atoms with Crippen LogP contribution in [-0.2, 0) is 0 Å². The molecular formula is C7H11N2O2+. The molecule has 0 aliphatic carbocycles. The van der Waals surface area contributed by atoms with E-state index in [9.17, 15) is 0 Å². The van der Waals surface area contributed by atoms with Gasteiger partial charge >= 0.3 is 0 Å². The lowest BCUT2D eigenvalue weighted by molar-refractivity contribution is -0.825. The third kappa shape index (κ3) is 1.60. The van der Waals surface area contributed by atoms with Crippen molar-refractivity contribution in [2.75, 3.05) is 12.8 Å². The predicted octanol–water partition coefficient (Wildman–Crippen LogP) is -0.139. The number of nitrogen functional groups attached to an aromatic ring is 1. The van der Waals surface area contributed by atoms with Gasteiger partial charge in [0, 0.05) is 6.07 Å². The summed E-state index contributed by atoms with van der Waals surface area (Å²) in [6.45, 7) is 0. The molecule has 0 aliphatic heterocycles. The van der Waals surface area contributed by atoms with Gasteiger partial charge in [0.05, 0.1) is 12.8 Å². The minimum Gasteiger partial charge on any atom is -0.497 e. The standard InChI is InChI=1S/C7H10N2O2/c1-11-5-2-3-6(8)7(4-5)9-10/h2-4,9-10H,8H2,1H3/p+1. The Kier molecular flexibility index (Phi) is 2.30. The number of nitrogens with two attached hydrogens (primary N) is 2. The summed E-state index contributed by atoms with van der Waals surface area (Å²) in [5.74, 6) is 0.680. The van der Waals surface area contributed by atoms with Gasteiger partial charge in [-0.15, -0.1) is 0 Å². The van der Waals surface area contributed by atoms with Crippen molar-refractivity contribution in [2.45, 2.75) is 0 Å². The molecule has 1 rings (SSSR count). The number of ether oxygens (including phenoxy) is 1. The molecule has 11 heavy (non-hydrogen) atoms. The number of benzene rings is 1. The van der Waals surface area contributed by atoms with E-state index in [0.717, 1.165) is 5.48 Å². The summed E-state index contributed by atoms with van der Waals surface area (Å²) in [6, 6.07) is 5.08. The first-order valence-corrected chi connectivity index (χ1v) is 3.19. The van der Waals surface area contributed by atoms with E-state index in [-0.39, 0.29) is 0 Å². The second-order valence-electron chi connectivity index (χ2n) is 2.12. The maximum atomic E-state index is 8.68. The average Bonchev–Trinajstić information content (AvgIpc) is 2.05. The van der Waals surface area contributed by atoms with Crippen molar-refractivity contribution in [3.8, 4) is 5.75 Å². The SMILES string of the molecule is COc1ccc(N)c([NH2+]O)c1. The molecule has 0 atom stereocenters. The third-order valence-electron chi connectivity index (χ3n) is 1.43. The van der Waals surface area contributed by atoms with E-state index in [1.807, 2.05) is 0 Å². The van der Waals surface area contributed by atoms with E-state index in [1.165, 1.54) is 0 Å². The van der Waals surface area contributed by atoms with E-state index in [0.29, 0.717) is 17.1 Å². The van der Waals surface area contributed by atoms with Gasteiger partial charge in [-0.2, -0.15) is 5.48 Å². The molecule has 0 unspecified atom stereocenters. The van der Waals surface area contributed by atoms with Gasteiger partial charge in [0.1, 0.15) is 5.75 Å². The summed E-state index contributed by atoms with van der Waals surface area (Å²) in [4.78, 5) is 0. The van der Waals surface area contributed by atoms with Gasteiger partial charge < -0.3 is 10.5 Å². The zero-order valence-electron chi connectivity index (χ0n) is 6.24. The summed E-state index contributed by atoms with van der Waals surface area (Å²) in [5.41, 5.74) is 7.57. The number of hydrogen-bond acceptors (Lipinski definition) is 3. The van der Waals surface area contributed by atoms with Crippen molar-refractivity contribution in [1.82, 2.24) is 0 Å². The van der Waals surface area contributed by atoms with Crippen LogP contribution in [0.2, 0.25) is 0 Å². The Morgan fingerprint density at radius 2 is 2.27 bits per heavy atom. The number of rotatable bonds is 2. The summed E-state index contributed by atoms with van der Waals surface area (Å²) in [5, 5.41) is 8.68. The normalized spacial score (nSPS) is 9.64. The summed E-state index contributed by atoms with van der Waals surface area (Å²) in [6.07, 6.45) is 0. The molecular weight excluding hydrogens is 144 g/mol. The second kappa shape index (κ2) is 3.23. The van der Waals surface area contributed by atoms with Crippen LogP contribution >= 0.6 is 0 Å². The van der Waals surface area contributed by atoms with Gasteiger partial charge in [0.2, 0.25) is 0 Å². The first-order chi connectivity index (χ1) is 5.27. The Hall–Kier alpha value is -1.26. The molecule has 0 spiro atoms.